The Kier molecular flexibility index (Phi) is 6.78. The number of likely N-dealkylation sites (N-methyl/N-ethyl adjacent to an activating group) is 1. The van der Waals surface area contributed by atoms with Gasteiger partial charge in [-0.05, 0) is 43.7 Å². The van der Waals surface area contributed by atoms with Crippen molar-refractivity contribution in [2.45, 2.75) is 63.3 Å². The van der Waals surface area contributed by atoms with Gasteiger partial charge in [-0.15, -0.1) is 0 Å². The van der Waals surface area contributed by atoms with E-state index in [1.807, 2.05) is 31.2 Å². The van der Waals surface area contributed by atoms with Crippen LogP contribution in [0.3, 0.4) is 0 Å². The minimum Gasteiger partial charge on any atom is -0.391 e. The summed E-state index contributed by atoms with van der Waals surface area (Å²) in [6.07, 6.45) is 4.27. The highest BCUT2D eigenvalue weighted by atomic mass is 32.2. The Morgan fingerprint density at radius 2 is 1.79 bits per heavy atom. The van der Waals surface area contributed by atoms with Crippen LogP contribution in [0.4, 0.5) is 0 Å². The SMILES string of the molecule is Cc1ccccc1CS(=O)(=O)N1CCC(C(=O)N(C)[C@H]2CCCC[C@@H]2O)CC1. The molecule has 1 aliphatic carbocycles. The summed E-state index contributed by atoms with van der Waals surface area (Å²) < 4.78 is 27.1. The van der Waals surface area contributed by atoms with Crippen molar-refractivity contribution >= 4 is 15.9 Å². The molecule has 1 aliphatic heterocycles. The Hall–Kier alpha value is -1.44. The predicted octanol–water partition coefficient (Wildman–Crippen LogP) is 2.30. The zero-order valence-corrected chi connectivity index (χ0v) is 17.7. The van der Waals surface area contributed by atoms with Gasteiger partial charge < -0.3 is 10.0 Å². The van der Waals surface area contributed by atoms with Crippen molar-refractivity contribution < 1.29 is 18.3 Å². The molecule has 1 aromatic carbocycles. The molecular weight excluding hydrogens is 376 g/mol. The van der Waals surface area contributed by atoms with E-state index in [0.29, 0.717) is 25.9 Å². The van der Waals surface area contributed by atoms with Crippen molar-refractivity contribution in [3.05, 3.63) is 35.4 Å². The van der Waals surface area contributed by atoms with Crippen LogP contribution in [0.2, 0.25) is 0 Å². The molecular formula is C21H32N2O4S. The second-order valence-corrected chi connectivity index (χ2v) is 10.2. The average Bonchev–Trinajstić information content (AvgIpc) is 2.69. The first kappa shape index (κ1) is 21.3. The van der Waals surface area contributed by atoms with E-state index in [0.717, 1.165) is 36.8 Å². The Bertz CT molecular complexity index is 787. The fourth-order valence-electron chi connectivity index (χ4n) is 4.44. The van der Waals surface area contributed by atoms with Crippen LogP contribution in [0.15, 0.2) is 24.3 Å². The number of piperidine rings is 1. The van der Waals surface area contributed by atoms with Crippen LogP contribution in [-0.4, -0.2) is 60.9 Å². The Labute approximate surface area is 168 Å². The lowest BCUT2D eigenvalue weighted by atomic mass is 9.89. The largest absolute Gasteiger partial charge is 0.391 e. The van der Waals surface area contributed by atoms with Crippen LogP contribution in [0.1, 0.15) is 49.7 Å². The van der Waals surface area contributed by atoms with E-state index < -0.39 is 16.1 Å². The van der Waals surface area contributed by atoms with Gasteiger partial charge in [-0.25, -0.2) is 12.7 Å². The highest BCUT2D eigenvalue weighted by Crippen LogP contribution is 2.27. The van der Waals surface area contributed by atoms with E-state index in [4.69, 9.17) is 0 Å². The van der Waals surface area contributed by atoms with Gasteiger partial charge in [0, 0.05) is 26.1 Å². The van der Waals surface area contributed by atoms with E-state index in [1.165, 1.54) is 4.31 Å². The fraction of sp³-hybridized carbons (Fsp3) is 0.667. The summed E-state index contributed by atoms with van der Waals surface area (Å²) in [5.74, 6) is -0.113. The molecule has 0 bridgehead atoms. The third-order valence-corrected chi connectivity index (χ3v) is 8.16. The van der Waals surface area contributed by atoms with Crippen LogP contribution in [0.5, 0.6) is 0 Å². The number of amides is 1. The molecule has 28 heavy (non-hydrogen) atoms. The molecule has 2 fully saturated rings. The van der Waals surface area contributed by atoms with Crippen LogP contribution in [0.25, 0.3) is 0 Å². The topological polar surface area (TPSA) is 77.9 Å². The molecule has 6 nitrogen and oxygen atoms in total. The molecule has 1 aromatic rings. The van der Waals surface area contributed by atoms with Gasteiger partial charge in [0.05, 0.1) is 17.9 Å². The lowest BCUT2D eigenvalue weighted by Crippen LogP contribution is -2.50. The first-order valence-corrected chi connectivity index (χ1v) is 11.9. The standard InChI is InChI=1S/C21H32N2O4S/c1-16-7-3-4-8-18(16)15-28(26,27)23-13-11-17(12-14-23)21(25)22(2)19-9-5-6-10-20(19)24/h3-4,7-8,17,19-20,24H,5-6,9-15H2,1-2H3/t19-,20-/m0/s1. The van der Waals surface area contributed by atoms with E-state index in [9.17, 15) is 18.3 Å². The van der Waals surface area contributed by atoms with Crippen molar-refractivity contribution in [1.29, 1.82) is 0 Å². The van der Waals surface area contributed by atoms with Gasteiger partial charge in [0.1, 0.15) is 0 Å². The minimum absolute atomic E-state index is 0.00640. The van der Waals surface area contributed by atoms with Gasteiger partial charge in [-0.3, -0.25) is 4.79 Å². The second kappa shape index (κ2) is 8.93. The average molecular weight is 409 g/mol. The smallest absolute Gasteiger partial charge is 0.225 e. The number of benzene rings is 1. The lowest BCUT2D eigenvalue weighted by Gasteiger charge is -2.38. The summed E-state index contributed by atoms with van der Waals surface area (Å²) in [6, 6.07) is 7.43. The number of hydrogen-bond donors (Lipinski definition) is 1. The van der Waals surface area contributed by atoms with Gasteiger partial charge in [0.25, 0.3) is 0 Å². The first-order valence-electron chi connectivity index (χ1n) is 10.3. The molecule has 1 saturated carbocycles. The van der Waals surface area contributed by atoms with Gasteiger partial charge in [0.15, 0.2) is 0 Å². The maximum Gasteiger partial charge on any atom is 0.225 e. The van der Waals surface area contributed by atoms with E-state index in [1.54, 1.807) is 11.9 Å². The molecule has 1 saturated heterocycles. The summed E-state index contributed by atoms with van der Waals surface area (Å²) >= 11 is 0. The molecule has 1 amide bonds. The number of carbonyl (C=O) groups excluding carboxylic acids is 1. The molecule has 0 unspecified atom stereocenters. The van der Waals surface area contributed by atoms with Gasteiger partial charge in [-0.2, -0.15) is 0 Å². The maximum atomic E-state index is 12.9. The maximum absolute atomic E-state index is 12.9. The van der Waals surface area contributed by atoms with Crippen LogP contribution >= 0.6 is 0 Å². The van der Waals surface area contributed by atoms with E-state index in [2.05, 4.69) is 0 Å². The van der Waals surface area contributed by atoms with Crippen molar-refractivity contribution in [1.82, 2.24) is 9.21 Å². The predicted molar refractivity (Wildman–Crippen MR) is 109 cm³/mol. The number of nitrogens with zero attached hydrogens (tertiary/aromatic N) is 2. The van der Waals surface area contributed by atoms with Crippen LogP contribution in [-0.2, 0) is 20.6 Å². The van der Waals surface area contributed by atoms with Crippen molar-refractivity contribution in [3.63, 3.8) is 0 Å². The number of hydrogen-bond acceptors (Lipinski definition) is 4. The molecule has 0 aromatic heterocycles. The van der Waals surface area contributed by atoms with E-state index in [-0.39, 0.29) is 23.6 Å². The number of aliphatic hydroxyl groups is 1. The number of carbonyl (C=O) groups is 1. The van der Waals surface area contributed by atoms with Crippen LogP contribution in [0, 0.1) is 12.8 Å². The van der Waals surface area contributed by atoms with Gasteiger partial charge in [0.2, 0.25) is 15.9 Å². The monoisotopic (exact) mass is 408 g/mol. The quantitative estimate of drug-likeness (QED) is 0.811. The third-order valence-electron chi connectivity index (χ3n) is 6.33. The molecule has 2 atom stereocenters. The number of aliphatic hydroxyl groups excluding tert-OH is 1. The lowest BCUT2D eigenvalue weighted by molar-refractivity contribution is -0.141. The van der Waals surface area contributed by atoms with E-state index >= 15 is 0 Å². The molecule has 0 radical (unpaired) electrons. The summed E-state index contributed by atoms with van der Waals surface area (Å²) in [6.45, 7) is 2.68. The highest BCUT2D eigenvalue weighted by Gasteiger charge is 2.36. The Balaban J connectivity index is 1.57. The number of sulfonamides is 1. The van der Waals surface area contributed by atoms with Crippen LogP contribution < -0.4 is 0 Å². The highest BCUT2D eigenvalue weighted by molar-refractivity contribution is 7.88. The molecule has 156 valence electrons. The second-order valence-electron chi connectivity index (χ2n) is 8.22. The van der Waals surface area contributed by atoms with Crippen molar-refractivity contribution in [3.8, 4) is 0 Å². The first-order chi connectivity index (χ1) is 13.3. The Morgan fingerprint density at radius 3 is 2.43 bits per heavy atom. The van der Waals surface area contributed by atoms with Crippen molar-refractivity contribution in [2.75, 3.05) is 20.1 Å². The Morgan fingerprint density at radius 1 is 1.14 bits per heavy atom. The molecule has 7 heteroatoms. The fourth-order valence-corrected chi connectivity index (χ4v) is 6.10. The molecule has 1 heterocycles. The summed E-state index contributed by atoms with van der Waals surface area (Å²) in [7, 11) is -1.61. The van der Waals surface area contributed by atoms with Gasteiger partial charge >= 0.3 is 0 Å². The molecule has 2 aliphatic rings. The number of rotatable bonds is 5. The molecule has 3 rings (SSSR count). The van der Waals surface area contributed by atoms with Crippen molar-refractivity contribution in [2.24, 2.45) is 5.92 Å². The summed E-state index contributed by atoms with van der Waals surface area (Å²) in [5.41, 5.74) is 1.80. The minimum atomic E-state index is -3.39. The van der Waals surface area contributed by atoms with Gasteiger partial charge in [-0.1, -0.05) is 37.1 Å². The number of aryl methyl sites for hydroxylation is 1. The normalized spacial score (nSPS) is 24.8. The summed E-state index contributed by atoms with van der Waals surface area (Å²) in [4.78, 5) is 14.6. The summed E-state index contributed by atoms with van der Waals surface area (Å²) in [5, 5.41) is 10.2. The zero-order chi connectivity index (χ0) is 20.3. The third kappa shape index (κ3) is 4.75. The zero-order valence-electron chi connectivity index (χ0n) is 16.9. The molecule has 0 spiro atoms. The molecule has 1 N–H and O–H groups in total.